The van der Waals surface area contributed by atoms with Crippen molar-refractivity contribution in [3.63, 3.8) is 0 Å². The number of hydrogen-bond donors (Lipinski definition) is 1. The van der Waals surface area contributed by atoms with E-state index in [0.717, 1.165) is 12.3 Å². The normalized spacial score (nSPS) is 19.2. The van der Waals surface area contributed by atoms with Crippen LogP contribution in [-0.4, -0.2) is 20.7 Å². The first-order valence-electron chi connectivity index (χ1n) is 7.10. The van der Waals surface area contributed by atoms with Crippen molar-refractivity contribution >= 4 is 0 Å². The van der Waals surface area contributed by atoms with Crippen LogP contribution in [-0.2, 0) is 5.41 Å². The fourth-order valence-electron chi connectivity index (χ4n) is 3.26. The number of hydrogen-bond acceptors (Lipinski definition) is 2. The number of likely N-dealkylation sites (N-methyl/N-ethyl adjacent to an activating group) is 1. The minimum Gasteiger partial charge on any atom is -0.497 e. The van der Waals surface area contributed by atoms with Crippen LogP contribution in [0.25, 0.3) is 0 Å². The summed E-state index contributed by atoms with van der Waals surface area (Å²) in [6.07, 6.45) is 8.05. The van der Waals surface area contributed by atoms with Crippen LogP contribution in [0.5, 0.6) is 5.75 Å². The van der Waals surface area contributed by atoms with Gasteiger partial charge in [-0.1, -0.05) is 37.8 Å². The van der Waals surface area contributed by atoms with Gasteiger partial charge in [-0.2, -0.15) is 0 Å². The summed E-state index contributed by atoms with van der Waals surface area (Å²) in [5, 5.41) is 3.40. The summed E-state index contributed by atoms with van der Waals surface area (Å²) in [4.78, 5) is 0. The first-order valence-corrected chi connectivity index (χ1v) is 7.10. The van der Waals surface area contributed by atoms with E-state index in [1.54, 1.807) is 7.11 Å². The van der Waals surface area contributed by atoms with Gasteiger partial charge in [-0.3, -0.25) is 0 Å². The van der Waals surface area contributed by atoms with Crippen molar-refractivity contribution in [2.45, 2.75) is 43.9 Å². The summed E-state index contributed by atoms with van der Waals surface area (Å²) >= 11 is 0. The van der Waals surface area contributed by atoms with Crippen molar-refractivity contribution in [3.8, 4) is 5.75 Å². The van der Waals surface area contributed by atoms with Crippen molar-refractivity contribution in [3.05, 3.63) is 29.8 Å². The second-order valence-electron chi connectivity index (χ2n) is 5.46. The molecule has 2 rings (SSSR count). The van der Waals surface area contributed by atoms with Crippen molar-refractivity contribution in [1.29, 1.82) is 0 Å². The molecule has 18 heavy (non-hydrogen) atoms. The van der Waals surface area contributed by atoms with E-state index in [0.29, 0.717) is 5.41 Å². The summed E-state index contributed by atoms with van der Waals surface area (Å²) in [5.41, 5.74) is 1.75. The maximum absolute atomic E-state index is 5.38. The van der Waals surface area contributed by atoms with Crippen LogP contribution < -0.4 is 10.1 Å². The highest BCUT2D eigenvalue weighted by molar-refractivity contribution is 5.34. The second kappa shape index (κ2) is 6.24. The smallest absolute Gasteiger partial charge is 0.119 e. The van der Waals surface area contributed by atoms with E-state index in [1.165, 1.54) is 44.1 Å². The van der Waals surface area contributed by atoms with Gasteiger partial charge in [0.05, 0.1) is 7.11 Å². The molecular weight excluding hydrogens is 222 g/mol. The Labute approximate surface area is 111 Å². The topological polar surface area (TPSA) is 21.3 Å². The Morgan fingerprint density at radius 1 is 1.17 bits per heavy atom. The van der Waals surface area contributed by atoms with E-state index < -0.39 is 0 Å². The Hall–Kier alpha value is -1.02. The molecule has 0 aromatic heterocycles. The zero-order valence-corrected chi connectivity index (χ0v) is 11.7. The predicted octanol–water partition coefficient (Wildman–Crippen LogP) is 3.51. The third kappa shape index (κ3) is 2.86. The summed E-state index contributed by atoms with van der Waals surface area (Å²) in [6, 6.07) is 8.65. The van der Waals surface area contributed by atoms with Crippen molar-refractivity contribution in [2.24, 2.45) is 0 Å². The van der Waals surface area contributed by atoms with Crippen molar-refractivity contribution < 1.29 is 4.74 Å². The largest absolute Gasteiger partial charge is 0.497 e. The standard InChI is InChI=1S/C16H25NO/c1-17-13-16(10-5-3-4-6-11-16)14-8-7-9-15(12-14)18-2/h7-9,12,17H,3-6,10-11,13H2,1-2H3. The number of nitrogens with one attached hydrogen (secondary N) is 1. The fourth-order valence-corrected chi connectivity index (χ4v) is 3.26. The van der Waals surface area contributed by atoms with Crippen LogP contribution in [0.4, 0.5) is 0 Å². The first kappa shape index (κ1) is 13.4. The highest BCUT2D eigenvalue weighted by Gasteiger charge is 2.32. The predicted molar refractivity (Wildman–Crippen MR) is 76.3 cm³/mol. The highest BCUT2D eigenvalue weighted by Crippen LogP contribution is 2.38. The molecule has 0 amide bonds. The number of rotatable bonds is 4. The van der Waals surface area contributed by atoms with E-state index in [1.807, 2.05) is 6.07 Å². The Balaban J connectivity index is 2.31. The molecule has 0 saturated heterocycles. The molecule has 1 aromatic rings. The van der Waals surface area contributed by atoms with Crippen LogP contribution in [0.2, 0.25) is 0 Å². The molecule has 0 radical (unpaired) electrons. The van der Waals surface area contributed by atoms with Gasteiger partial charge in [0, 0.05) is 12.0 Å². The third-order valence-electron chi connectivity index (χ3n) is 4.26. The van der Waals surface area contributed by atoms with Crippen LogP contribution in [0.1, 0.15) is 44.1 Å². The molecule has 100 valence electrons. The van der Waals surface area contributed by atoms with Crippen LogP contribution in [0, 0.1) is 0 Å². The van der Waals surface area contributed by atoms with E-state index in [4.69, 9.17) is 4.74 Å². The molecule has 0 aliphatic heterocycles. The van der Waals surface area contributed by atoms with Gasteiger partial charge in [0.25, 0.3) is 0 Å². The van der Waals surface area contributed by atoms with Gasteiger partial charge in [0.15, 0.2) is 0 Å². The molecule has 1 fully saturated rings. The number of benzene rings is 1. The highest BCUT2D eigenvalue weighted by atomic mass is 16.5. The minimum atomic E-state index is 0.305. The Morgan fingerprint density at radius 2 is 1.89 bits per heavy atom. The van der Waals surface area contributed by atoms with E-state index in [9.17, 15) is 0 Å². The summed E-state index contributed by atoms with van der Waals surface area (Å²) in [6.45, 7) is 1.07. The molecule has 0 heterocycles. The lowest BCUT2D eigenvalue weighted by molar-refractivity contribution is 0.354. The molecule has 1 saturated carbocycles. The van der Waals surface area contributed by atoms with Gasteiger partial charge >= 0.3 is 0 Å². The maximum Gasteiger partial charge on any atom is 0.119 e. The quantitative estimate of drug-likeness (QED) is 0.822. The molecule has 1 aromatic carbocycles. The first-order chi connectivity index (χ1) is 8.80. The van der Waals surface area contributed by atoms with Gasteiger partial charge in [-0.15, -0.1) is 0 Å². The third-order valence-corrected chi connectivity index (χ3v) is 4.26. The molecular formula is C16H25NO. The van der Waals surface area contributed by atoms with Crippen molar-refractivity contribution in [2.75, 3.05) is 20.7 Å². The summed E-state index contributed by atoms with van der Waals surface area (Å²) in [7, 11) is 3.81. The molecule has 0 unspecified atom stereocenters. The lowest BCUT2D eigenvalue weighted by Gasteiger charge is -2.33. The SMILES string of the molecule is CNCC1(c2cccc(OC)c2)CCCCCC1. The van der Waals surface area contributed by atoms with E-state index in [-0.39, 0.29) is 0 Å². The lowest BCUT2D eigenvalue weighted by Crippen LogP contribution is -2.36. The molecule has 1 aliphatic rings. The fraction of sp³-hybridized carbons (Fsp3) is 0.625. The maximum atomic E-state index is 5.38. The second-order valence-corrected chi connectivity index (χ2v) is 5.46. The average Bonchev–Trinajstić information content (AvgIpc) is 2.66. The molecule has 0 atom stereocenters. The monoisotopic (exact) mass is 247 g/mol. The van der Waals surface area contributed by atoms with Gasteiger partial charge in [0.1, 0.15) is 5.75 Å². The van der Waals surface area contributed by atoms with E-state index >= 15 is 0 Å². The lowest BCUT2D eigenvalue weighted by atomic mass is 9.74. The zero-order valence-electron chi connectivity index (χ0n) is 11.7. The van der Waals surface area contributed by atoms with Crippen molar-refractivity contribution in [1.82, 2.24) is 5.32 Å². The van der Waals surface area contributed by atoms with E-state index in [2.05, 4.69) is 30.6 Å². The van der Waals surface area contributed by atoms with Gasteiger partial charge < -0.3 is 10.1 Å². The summed E-state index contributed by atoms with van der Waals surface area (Å²) in [5.74, 6) is 0.979. The summed E-state index contributed by atoms with van der Waals surface area (Å²) < 4.78 is 5.38. The molecule has 1 aliphatic carbocycles. The van der Waals surface area contributed by atoms with Gasteiger partial charge in [-0.25, -0.2) is 0 Å². The Morgan fingerprint density at radius 3 is 2.50 bits per heavy atom. The van der Waals surface area contributed by atoms with Crippen LogP contribution in [0.3, 0.4) is 0 Å². The molecule has 2 nitrogen and oxygen atoms in total. The van der Waals surface area contributed by atoms with Crippen LogP contribution >= 0.6 is 0 Å². The number of ether oxygens (including phenoxy) is 1. The molecule has 0 bridgehead atoms. The number of methoxy groups -OCH3 is 1. The molecule has 1 N–H and O–H groups in total. The van der Waals surface area contributed by atoms with Gasteiger partial charge in [0.2, 0.25) is 0 Å². The Kier molecular flexibility index (Phi) is 4.65. The molecule has 2 heteroatoms. The molecule has 0 spiro atoms. The average molecular weight is 247 g/mol. The van der Waals surface area contributed by atoms with Gasteiger partial charge in [-0.05, 0) is 37.6 Å². The minimum absolute atomic E-state index is 0.305. The Bertz CT molecular complexity index is 367. The van der Waals surface area contributed by atoms with Crippen LogP contribution in [0.15, 0.2) is 24.3 Å². The zero-order chi connectivity index (χ0) is 12.8.